The molecule has 0 aliphatic heterocycles. The lowest BCUT2D eigenvalue weighted by atomic mass is 9.92. The Kier molecular flexibility index (Phi) is 7.42. The average molecular weight is 334 g/mol. The van der Waals surface area contributed by atoms with E-state index in [0.717, 1.165) is 5.56 Å². The molecule has 24 heavy (non-hydrogen) atoms. The number of nitrogens with zero attached hydrogens (tertiary/aromatic N) is 1. The van der Waals surface area contributed by atoms with Gasteiger partial charge in [0, 0.05) is 13.0 Å². The Bertz CT molecular complexity index is 564. The number of benzene rings is 1. The molecule has 0 heterocycles. The fourth-order valence-corrected chi connectivity index (χ4v) is 2.19. The molecule has 6 heteroatoms. The number of hydrogen-bond acceptors (Lipinski definition) is 3. The molecule has 132 valence electrons. The highest BCUT2D eigenvalue weighted by Crippen LogP contribution is 2.17. The van der Waals surface area contributed by atoms with E-state index in [-0.39, 0.29) is 24.4 Å². The molecule has 2 N–H and O–H groups in total. The van der Waals surface area contributed by atoms with Gasteiger partial charge in [-0.2, -0.15) is 0 Å². The Morgan fingerprint density at radius 2 is 1.75 bits per heavy atom. The smallest absolute Gasteiger partial charge is 0.323 e. The predicted molar refractivity (Wildman–Crippen MR) is 91.4 cm³/mol. The summed E-state index contributed by atoms with van der Waals surface area (Å²) in [5, 5.41) is 11.5. The highest BCUT2D eigenvalue weighted by atomic mass is 16.4. The molecule has 0 aliphatic carbocycles. The van der Waals surface area contributed by atoms with E-state index >= 15 is 0 Å². The van der Waals surface area contributed by atoms with E-state index in [0.29, 0.717) is 19.4 Å². The zero-order valence-electron chi connectivity index (χ0n) is 14.5. The fraction of sp³-hybridized carbons (Fsp3) is 0.500. The summed E-state index contributed by atoms with van der Waals surface area (Å²) in [7, 11) is 0. The standard InChI is InChI=1S/C18H26N2O4/c1-18(2,3)11-15(21)19-12-16(22)20(13-17(23)24)10-9-14-7-5-4-6-8-14/h4-8H,9-13H2,1-3H3,(H,19,21)(H,23,24). The quantitative estimate of drug-likeness (QED) is 0.757. The minimum Gasteiger partial charge on any atom is -0.480 e. The zero-order chi connectivity index (χ0) is 18.2. The van der Waals surface area contributed by atoms with Gasteiger partial charge in [-0.25, -0.2) is 0 Å². The first kappa shape index (κ1) is 19.7. The number of hydrogen-bond donors (Lipinski definition) is 2. The lowest BCUT2D eigenvalue weighted by Gasteiger charge is -2.22. The topological polar surface area (TPSA) is 86.7 Å². The summed E-state index contributed by atoms with van der Waals surface area (Å²) in [4.78, 5) is 36.2. The van der Waals surface area contributed by atoms with Crippen molar-refractivity contribution >= 4 is 17.8 Å². The first-order valence-electron chi connectivity index (χ1n) is 7.97. The first-order valence-corrected chi connectivity index (χ1v) is 7.97. The van der Waals surface area contributed by atoms with E-state index in [2.05, 4.69) is 5.32 Å². The third kappa shape index (κ3) is 8.31. The minimum atomic E-state index is -1.07. The van der Waals surface area contributed by atoms with Gasteiger partial charge in [-0.3, -0.25) is 14.4 Å². The van der Waals surface area contributed by atoms with Crippen molar-refractivity contribution in [1.82, 2.24) is 10.2 Å². The maximum atomic E-state index is 12.2. The van der Waals surface area contributed by atoms with Crippen LogP contribution in [0.5, 0.6) is 0 Å². The molecule has 0 saturated heterocycles. The number of rotatable bonds is 8. The molecule has 6 nitrogen and oxygen atoms in total. The summed E-state index contributed by atoms with van der Waals surface area (Å²) in [6.07, 6.45) is 0.874. The van der Waals surface area contributed by atoms with Gasteiger partial charge in [0.05, 0.1) is 6.54 Å². The minimum absolute atomic E-state index is 0.165. The molecular formula is C18H26N2O4. The average Bonchev–Trinajstić information content (AvgIpc) is 2.48. The predicted octanol–water partition coefficient (Wildman–Crippen LogP) is 1.69. The Labute approximate surface area is 142 Å². The molecule has 0 atom stereocenters. The van der Waals surface area contributed by atoms with Crippen LogP contribution in [-0.2, 0) is 20.8 Å². The van der Waals surface area contributed by atoms with Crippen molar-refractivity contribution in [3.63, 3.8) is 0 Å². The van der Waals surface area contributed by atoms with Crippen LogP contribution in [0.4, 0.5) is 0 Å². The van der Waals surface area contributed by atoms with Crippen molar-refractivity contribution in [2.45, 2.75) is 33.6 Å². The Morgan fingerprint density at radius 3 is 2.29 bits per heavy atom. The van der Waals surface area contributed by atoms with Crippen LogP contribution in [0.2, 0.25) is 0 Å². The van der Waals surface area contributed by atoms with Crippen LogP contribution >= 0.6 is 0 Å². The van der Waals surface area contributed by atoms with E-state index in [4.69, 9.17) is 5.11 Å². The first-order chi connectivity index (χ1) is 11.2. The third-order valence-corrected chi connectivity index (χ3v) is 3.32. The molecule has 0 saturated carbocycles. The van der Waals surface area contributed by atoms with Crippen LogP contribution in [0.1, 0.15) is 32.8 Å². The maximum absolute atomic E-state index is 12.2. The Balaban J connectivity index is 2.55. The maximum Gasteiger partial charge on any atom is 0.323 e. The van der Waals surface area contributed by atoms with Crippen molar-refractivity contribution in [3.05, 3.63) is 35.9 Å². The van der Waals surface area contributed by atoms with Gasteiger partial charge >= 0.3 is 5.97 Å². The molecule has 0 aromatic heterocycles. The molecule has 0 fully saturated rings. The van der Waals surface area contributed by atoms with Crippen molar-refractivity contribution in [2.75, 3.05) is 19.6 Å². The summed E-state index contributed by atoms with van der Waals surface area (Å²) in [6.45, 7) is 5.54. The van der Waals surface area contributed by atoms with Gasteiger partial charge in [0.2, 0.25) is 11.8 Å². The molecule has 0 spiro atoms. The highest BCUT2D eigenvalue weighted by Gasteiger charge is 2.19. The van der Waals surface area contributed by atoms with Crippen LogP contribution in [0.3, 0.4) is 0 Å². The van der Waals surface area contributed by atoms with E-state index < -0.39 is 11.9 Å². The number of amides is 2. The third-order valence-electron chi connectivity index (χ3n) is 3.32. The van der Waals surface area contributed by atoms with Crippen LogP contribution in [-0.4, -0.2) is 47.4 Å². The van der Waals surface area contributed by atoms with E-state index in [1.165, 1.54) is 4.90 Å². The zero-order valence-corrected chi connectivity index (χ0v) is 14.5. The SMILES string of the molecule is CC(C)(C)CC(=O)NCC(=O)N(CCc1ccccc1)CC(=O)O. The lowest BCUT2D eigenvalue weighted by molar-refractivity contribution is -0.144. The van der Waals surface area contributed by atoms with Gasteiger partial charge < -0.3 is 15.3 Å². The highest BCUT2D eigenvalue weighted by molar-refractivity contribution is 5.86. The molecule has 1 aromatic carbocycles. The van der Waals surface area contributed by atoms with Crippen molar-refractivity contribution in [1.29, 1.82) is 0 Å². The number of carbonyl (C=O) groups is 3. The number of carboxylic acids is 1. The van der Waals surface area contributed by atoms with Crippen LogP contribution in [0.25, 0.3) is 0 Å². The number of aliphatic carboxylic acids is 1. The largest absolute Gasteiger partial charge is 0.480 e. The number of nitrogens with one attached hydrogen (secondary N) is 1. The van der Waals surface area contributed by atoms with E-state index in [1.807, 2.05) is 51.1 Å². The fourth-order valence-electron chi connectivity index (χ4n) is 2.19. The lowest BCUT2D eigenvalue weighted by Crippen LogP contribution is -2.43. The summed E-state index contributed by atoms with van der Waals surface area (Å²) in [5.41, 5.74) is 0.860. The summed E-state index contributed by atoms with van der Waals surface area (Å²) in [5.74, 6) is -1.68. The van der Waals surface area contributed by atoms with Gasteiger partial charge in [-0.1, -0.05) is 51.1 Å². The second kappa shape index (κ2) is 9.05. The van der Waals surface area contributed by atoms with Crippen molar-refractivity contribution < 1.29 is 19.5 Å². The van der Waals surface area contributed by atoms with Gasteiger partial charge in [-0.05, 0) is 17.4 Å². The molecule has 0 radical (unpaired) electrons. The molecule has 0 unspecified atom stereocenters. The normalized spacial score (nSPS) is 11.0. The van der Waals surface area contributed by atoms with Crippen LogP contribution in [0, 0.1) is 5.41 Å². The van der Waals surface area contributed by atoms with Gasteiger partial charge in [0.1, 0.15) is 6.54 Å². The molecule has 1 aromatic rings. The summed E-state index contributed by atoms with van der Waals surface area (Å²) < 4.78 is 0. The summed E-state index contributed by atoms with van der Waals surface area (Å²) in [6, 6.07) is 9.54. The second-order valence-corrected chi connectivity index (χ2v) is 6.96. The van der Waals surface area contributed by atoms with Crippen molar-refractivity contribution in [3.8, 4) is 0 Å². The van der Waals surface area contributed by atoms with Gasteiger partial charge in [0.25, 0.3) is 0 Å². The van der Waals surface area contributed by atoms with Gasteiger partial charge in [-0.15, -0.1) is 0 Å². The Hall–Kier alpha value is -2.37. The monoisotopic (exact) mass is 334 g/mol. The molecule has 1 rings (SSSR count). The van der Waals surface area contributed by atoms with Gasteiger partial charge in [0.15, 0.2) is 0 Å². The molecular weight excluding hydrogens is 308 g/mol. The van der Waals surface area contributed by atoms with Crippen molar-refractivity contribution in [2.24, 2.45) is 5.41 Å². The van der Waals surface area contributed by atoms with Crippen LogP contribution < -0.4 is 5.32 Å². The number of carbonyl (C=O) groups excluding carboxylic acids is 2. The summed E-state index contributed by atoms with van der Waals surface area (Å²) >= 11 is 0. The molecule has 2 amide bonds. The molecule has 0 bridgehead atoms. The van der Waals surface area contributed by atoms with E-state index in [1.54, 1.807) is 0 Å². The molecule has 0 aliphatic rings. The van der Waals surface area contributed by atoms with E-state index in [9.17, 15) is 14.4 Å². The number of carboxylic acid groups (broad SMARTS) is 1. The van der Waals surface area contributed by atoms with Crippen LogP contribution in [0.15, 0.2) is 30.3 Å². The second-order valence-electron chi connectivity index (χ2n) is 6.96. The Morgan fingerprint density at radius 1 is 1.12 bits per heavy atom.